The molecule has 0 saturated carbocycles. The molecule has 0 aliphatic rings. The van der Waals surface area contributed by atoms with Crippen LogP contribution in [0.4, 0.5) is 0 Å². The van der Waals surface area contributed by atoms with Gasteiger partial charge in [0.25, 0.3) is 0 Å². The first-order valence-corrected chi connectivity index (χ1v) is 10.1. The van der Waals surface area contributed by atoms with Gasteiger partial charge in [0.2, 0.25) is 0 Å². The highest BCUT2D eigenvalue weighted by Crippen LogP contribution is 2.17. The van der Waals surface area contributed by atoms with Crippen LogP contribution in [0.1, 0.15) is 22.1 Å². The van der Waals surface area contributed by atoms with Gasteiger partial charge in [-0.1, -0.05) is 35.5 Å². The Bertz CT molecular complexity index is 1030. The molecule has 0 bridgehead atoms. The maximum Gasteiger partial charge on any atom is 0.315 e. The van der Waals surface area contributed by atoms with Crippen molar-refractivity contribution in [2.75, 3.05) is 12.9 Å². The smallest absolute Gasteiger partial charge is 0.315 e. The Morgan fingerprint density at radius 2 is 1.82 bits per heavy atom. The van der Waals surface area contributed by atoms with Gasteiger partial charge in [-0.15, -0.1) is 0 Å². The van der Waals surface area contributed by atoms with Crippen molar-refractivity contribution in [3.63, 3.8) is 0 Å². The SMILES string of the molecule is COc1ccc(S(=O)(=O)CCc2noc(C(=O)NCc3ccccc3)n2)cc1. The lowest BCUT2D eigenvalue weighted by atomic mass is 10.2. The van der Waals surface area contributed by atoms with E-state index in [0.717, 1.165) is 5.56 Å². The van der Waals surface area contributed by atoms with Crippen LogP contribution in [-0.2, 0) is 22.8 Å². The predicted octanol–water partition coefficient (Wildman–Crippen LogP) is 2.02. The first-order chi connectivity index (χ1) is 13.5. The summed E-state index contributed by atoms with van der Waals surface area (Å²) in [6.45, 7) is 0.323. The van der Waals surface area contributed by atoms with Crippen molar-refractivity contribution in [3.8, 4) is 5.75 Å². The lowest BCUT2D eigenvalue weighted by Crippen LogP contribution is -2.23. The van der Waals surface area contributed by atoms with Crippen molar-refractivity contribution in [1.82, 2.24) is 15.5 Å². The zero-order chi connectivity index (χ0) is 20.0. The van der Waals surface area contributed by atoms with Crippen LogP contribution in [0.15, 0.2) is 64.0 Å². The molecule has 0 aliphatic carbocycles. The zero-order valence-electron chi connectivity index (χ0n) is 15.2. The third-order valence-corrected chi connectivity index (χ3v) is 5.70. The Morgan fingerprint density at radius 1 is 1.11 bits per heavy atom. The highest BCUT2D eigenvalue weighted by atomic mass is 32.2. The van der Waals surface area contributed by atoms with E-state index in [1.807, 2.05) is 30.3 Å². The number of sulfone groups is 1. The summed E-state index contributed by atoms with van der Waals surface area (Å²) in [5, 5.41) is 6.36. The summed E-state index contributed by atoms with van der Waals surface area (Å²) in [5.74, 6) is -0.192. The number of methoxy groups -OCH3 is 1. The third-order valence-electron chi connectivity index (χ3n) is 3.97. The molecule has 0 unspecified atom stereocenters. The van der Waals surface area contributed by atoms with Gasteiger partial charge in [-0.3, -0.25) is 4.79 Å². The number of aryl methyl sites for hydroxylation is 1. The van der Waals surface area contributed by atoms with E-state index < -0.39 is 15.7 Å². The van der Waals surface area contributed by atoms with Gasteiger partial charge in [-0.05, 0) is 29.8 Å². The summed E-state index contributed by atoms with van der Waals surface area (Å²) in [7, 11) is -2.01. The number of ether oxygens (including phenoxy) is 1. The lowest BCUT2D eigenvalue weighted by Gasteiger charge is -2.04. The van der Waals surface area contributed by atoms with Crippen molar-refractivity contribution >= 4 is 15.7 Å². The number of nitrogens with one attached hydrogen (secondary N) is 1. The second-order valence-corrected chi connectivity index (χ2v) is 8.04. The molecule has 1 heterocycles. The number of carbonyl (C=O) groups excluding carboxylic acids is 1. The quantitative estimate of drug-likeness (QED) is 0.615. The van der Waals surface area contributed by atoms with Crippen molar-refractivity contribution in [3.05, 3.63) is 71.9 Å². The average molecular weight is 401 g/mol. The number of hydrogen-bond acceptors (Lipinski definition) is 7. The van der Waals surface area contributed by atoms with Crippen LogP contribution in [0.3, 0.4) is 0 Å². The first-order valence-electron chi connectivity index (χ1n) is 8.49. The van der Waals surface area contributed by atoms with Crippen LogP contribution in [0.2, 0.25) is 0 Å². The molecule has 2 aromatic carbocycles. The number of benzene rings is 2. The van der Waals surface area contributed by atoms with Gasteiger partial charge in [0.05, 0.1) is 17.8 Å². The summed E-state index contributed by atoms with van der Waals surface area (Å²) < 4.78 is 34.7. The molecule has 28 heavy (non-hydrogen) atoms. The molecule has 8 nitrogen and oxygen atoms in total. The maximum absolute atomic E-state index is 12.4. The minimum atomic E-state index is -3.52. The van der Waals surface area contributed by atoms with Crippen LogP contribution in [0.25, 0.3) is 0 Å². The number of amides is 1. The fraction of sp³-hybridized carbons (Fsp3) is 0.211. The Balaban J connectivity index is 1.57. The largest absolute Gasteiger partial charge is 0.497 e. The molecule has 1 amide bonds. The summed E-state index contributed by atoms with van der Waals surface area (Å²) in [4.78, 5) is 16.2. The fourth-order valence-corrected chi connectivity index (χ4v) is 3.67. The topological polar surface area (TPSA) is 111 Å². The van der Waals surface area contributed by atoms with Gasteiger partial charge in [-0.2, -0.15) is 4.98 Å². The highest BCUT2D eigenvalue weighted by Gasteiger charge is 2.19. The molecular weight excluding hydrogens is 382 g/mol. The minimum Gasteiger partial charge on any atom is -0.497 e. The van der Waals surface area contributed by atoms with E-state index in [1.54, 1.807) is 12.1 Å². The molecule has 0 fully saturated rings. The Labute approximate surface area is 162 Å². The van der Waals surface area contributed by atoms with E-state index in [-0.39, 0.29) is 28.8 Å². The van der Waals surface area contributed by atoms with Crippen molar-refractivity contribution in [2.24, 2.45) is 0 Å². The van der Waals surface area contributed by atoms with Crippen LogP contribution in [0, 0.1) is 0 Å². The number of aromatic nitrogens is 2. The summed E-state index contributed by atoms with van der Waals surface area (Å²) in [6, 6.07) is 15.5. The Kier molecular flexibility index (Phi) is 6.05. The molecule has 9 heteroatoms. The normalized spacial score (nSPS) is 11.2. The second kappa shape index (κ2) is 8.66. The summed E-state index contributed by atoms with van der Waals surface area (Å²) >= 11 is 0. The molecule has 0 radical (unpaired) electrons. The third kappa shape index (κ3) is 4.95. The average Bonchev–Trinajstić information content (AvgIpc) is 3.21. The highest BCUT2D eigenvalue weighted by molar-refractivity contribution is 7.91. The maximum atomic E-state index is 12.4. The van der Waals surface area contributed by atoms with Crippen molar-refractivity contribution < 1.29 is 22.5 Å². The van der Waals surface area contributed by atoms with Crippen LogP contribution in [-0.4, -0.2) is 37.3 Å². The van der Waals surface area contributed by atoms with E-state index >= 15 is 0 Å². The van der Waals surface area contributed by atoms with Gasteiger partial charge < -0.3 is 14.6 Å². The summed E-state index contributed by atoms with van der Waals surface area (Å²) in [5.41, 5.74) is 0.932. The van der Waals surface area contributed by atoms with Gasteiger partial charge in [0.15, 0.2) is 15.7 Å². The standard InChI is InChI=1S/C19H19N3O5S/c1-26-15-7-9-16(10-8-15)28(24,25)12-11-17-21-19(27-22-17)18(23)20-13-14-5-3-2-4-6-14/h2-10H,11-13H2,1H3,(H,20,23). The fourth-order valence-electron chi connectivity index (χ4n) is 2.43. The van der Waals surface area contributed by atoms with E-state index in [2.05, 4.69) is 15.5 Å². The molecule has 1 N–H and O–H groups in total. The van der Waals surface area contributed by atoms with E-state index in [1.165, 1.54) is 19.2 Å². The predicted molar refractivity (Wildman–Crippen MR) is 101 cm³/mol. The molecule has 3 aromatic rings. The van der Waals surface area contributed by atoms with E-state index in [0.29, 0.717) is 12.3 Å². The second-order valence-electron chi connectivity index (χ2n) is 5.93. The first kappa shape index (κ1) is 19.6. The van der Waals surface area contributed by atoms with Gasteiger partial charge >= 0.3 is 11.8 Å². The van der Waals surface area contributed by atoms with Crippen molar-refractivity contribution in [2.45, 2.75) is 17.9 Å². The molecule has 1 aromatic heterocycles. The van der Waals surface area contributed by atoms with E-state index in [4.69, 9.17) is 9.26 Å². The molecule has 0 aliphatic heterocycles. The van der Waals surface area contributed by atoms with Gasteiger partial charge in [0.1, 0.15) is 5.75 Å². The monoisotopic (exact) mass is 401 g/mol. The van der Waals surface area contributed by atoms with Gasteiger partial charge in [-0.25, -0.2) is 8.42 Å². The lowest BCUT2D eigenvalue weighted by molar-refractivity contribution is 0.0907. The summed E-state index contributed by atoms with van der Waals surface area (Å²) in [6.07, 6.45) is 0.0316. The van der Waals surface area contributed by atoms with Crippen molar-refractivity contribution in [1.29, 1.82) is 0 Å². The molecular formula is C19H19N3O5S. The van der Waals surface area contributed by atoms with E-state index in [9.17, 15) is 13.2 Å². The Morgan fingerprint density at radius 3 is 2.50 bits per heavy atom. The number of nitrogens with zero attached hydrogens (tertiary/aromatic N) is 2. The van der Waals surface area contributed by atoms with Gasteiger partial charge in [0, 0.05) is 13.0 Å². The molecule has 146 valence electrons. The number of rotatable bonds is 8. The minimum absolute atomic E-state index is 0.0316. The zero-order valence-corrected chi connectivity index (χ0v) is 16.0. The van der Waals surface area contributed by atoms with Crippen LogP contribution < -0.4 is 10.1 Å². The molecule has 0 saturated heterocycles. The van der Waals surface area contributed by atoms with Crippen LogP contribution >= 0.6 is 0 Å². The molecule has 0 spiro atoms. The number of carbonyl (C=O) groups is 1. The Hall–Kier alpha value is -3.20. The molecule has 0 atom stereocenters. The number of hydrogen-bond donors (Lipinski definition) is 1. The van der Waals surface area contributed by atoms with Crippen LogP contribution in [0.5, 0.6) is 5.75 Å². The molecule has 3 rings (SSSR count).